The van der Waals surface area contributed by atoms with Gasteiger partial charge in [0.25, 0.3) is 5.91 Å². The minimum atomic E-state index is -4.45. The molecule has 0 aliphatic carbocycles. The van der Waals surface area contributed by atoms with Gasteiger partial charge in [-0.3, -0.25) is 14.6 Å². The molecule has 0 bridgehead atoms. The van der Waals surface area contributed by atoms with Gasteiger partial charge in [-0.1, -0.05) is 41.6 Å². The predicted molar refractivity (Wildman–Crippen MR) is 189 cm³/mol. The van der Waals surface area contributed by atoms with E-state index < -0.39 is 11.7 Å². The summed E-state index contributed by atoms with van der Waals surface area (Å²) >= 11 is 0. The van der Waals surface area contributed by atoms with E-state index >= 15 is 0 Å². The Morgan fingerprint density at radius 3 is 2.28 bits per heavy atom. The lowest BCUT2D eigenvalue weighted by atomic mass is 10.1. The molecule has 1 amide bonds. The Balaban J connectivity index is 0.00000541. The molecule has 6 rings (SSSR count). The zero-order chi connectivity index (χ0) is 36.5. The number of ether oxygens (including phenoxy) is 2. The van der Waals surface area contributed by atoms with Gasteiger partial charge in [-0.15, -0.1) is 12.4 Å². The van der Waals surface area contributed by atoms with Crippen molar-refractivity contribution in [3.63, 3.8) is 0 Å². The third-order valence-corrected chi connectivity index (χ3v) is 8.14. The molecule has 16 heteroatoms. The minimum Gasteiger partial charge on any atom is -0.507 e. The Hall–Kier alpha value is -5.51. The highest BCUT2D eigenvalue weighted by Crippen LogP contribution is 2.30. The van der Waals surface area contributed by atoms with Crippen LogP contribution >= 0.6 is 12.4 Å². The van der Waals surface area contributed by atoms with Crippen molar-refractivity contribution in [2.24, 2.45) is 5.10 Å². The van der Waals surface area contributed by atoms with Gasteiger partial charge in [0.1, 0.15) is 36.3 Å². The first-order valence-corrected chi connectivity index (χ1v) is 16.3. The maximum absolute atomic E-state index is 13.1. The number of piperazine rings is 1. The molecule has 0 unspecified atom stereocenters. The number of rotatable bonds is 13. The van der Waals surface area contributed by atoms with E-state index in [-0.39, 0.29) is 48.8 Å². The van der Waals surface area contributed by atoms with Crippen molar-refractivity contribution in [2.75, 3.05) is 32.7 Å². The van der Waals surface area contributed by atoms with Crippen molar-refractivity contribution in [1.29, 1.82) is 0 Å². The highest BCUT2D eigenvalue weighted by Gasteiger charge is 2.30. The molecule has 11 nitrogen and oxygen atoms in total. The van der Waals surface area contributed by atoms with Crippen LogP contribution in [0.25, 0.3) is 11.4 Å². The molecule has 1 aliphatic heterocycles. The third-order valence-electron chi connectivity index (χ3n) is 8.14. The Labute approximate surface area is 308 Å². The summed E-state index contributed by atoms with van der Waals surface area (Å²) in [5.41, 5.74) is 4.07. The summed E-state index contributed by atoms with van der Waals surface area (Å²) in [7, 11) is 0. The van der Waals surface area contributed by atoms with E-state index in [1.807, 2.05) is 29.2 Å². The number of aromatic nitrogens is 2. The number of phenols is 1. The maximum Gasteiger partial charge on any atom is 0.416 e. The van der Waals surface area contributed by atoms with Crippen LogP contribution in [0.3, 0.4) is 0 Å². The molecule has 0 atom stereocenters. The fraction of sp³-hybridized carbons (Fsp3) is 0.243. The fourth-order valence-corrected chi connectivity index (χ4v) is 5.32. The Morgan fingerprint density at radius 1 is 0.887 bits per heavy atom. The topological polar surface area (TPSA) is 126 Å². The number of nitrogens with zero attached hydrogens (tertiary/aromatic N) is 5. The number of halogens is 5. The number of nitrogens with one attached hydrogen (secondary N) is 1. The van der Waals surface area contributed by atoms with Gasteiger partial charge < -0.3 is 19.1 Å². The van der Waals surface area contributed by atoms with Crippen LogP contribution in [0.15, 0.2) is 101 Å². The zero-order valence-electron chi connectivity index (χ0n) is 28.1. The maximum atomic E-state index is 13.1. The molecule has 2 N–H and O–H groups in total. The van der Waals surface area contributed by atoms with Gasteiger partial charge >= 0.3 is 6.18 Å². The number of amides is 1. The summed E-state index contributed by atoms with van der Waals surface area (Å²) in [6.07, 6.45) is -3.16. The summed E-state index contributed by atoms with van der Waals surface area (Å²) in [5.74, 6) is 0.986. The van der Waals surface area contributed by atoms with Gasteiger partial charge in [-0.25, -0.2) is 9.82 Å². The highest BCUT2D eigenvalue weighted by molar-refractivity contribution is 5.86. The molecule has 2 heterocycles. The van der Waals surface area contributed by atoms with Crippen molar-refractivity contribution in [3.8, 4) is 28.6 Å². The molecule has 0 saturated carbocycles. The molecule has 5 aromatic rings. The number of carbonyl (C=O) groups is 1. The Kier molecular flexibility index (Phi) is 13.0. The van der Waals surface area contributed by atoms with Gasteiger partial charge in [0.05, 0.1) is 24.9 Å². The first-order chi connectivity index (χ1) is 25.1. The van der Waals surface area contributed by atoms with Crippen LogP contribution in [0, 0.1) is 5.82 Å². The molecule has 1 saturated heterocycles. The first-order valence-electron chi connectivity index (χ1n) is 16.3. The minimum absolute atomic E-state index is 0. The molecule has 1 fully saturated rings. The van der Waals surface area contributed by atoms with Crippen LogP contribution in [0.1, 0.15) is 28.1 Å². The first kappa shape index (κ1) is 38.7. The quantitative estimate of drug-likeness (QED) is 0.0793. The standard InChI is InChI=1S/C37H34F4N6O5.ClH/c38-30-9-12-31(13-10-30)50-23-25-4-6-27(7-5-25)36-43-35(52-45-36)22-47-16-14-46(15-17-47)21-34(49)44-42-20-28-8-11-32(19-33(28)48)51-24-26-2-1-3-29(18-26)37(39,40)41;/h1-13,18-20,48H,14-17,21-24H2,(H,44,49);1H. The molecular formula is C37H35ClF4N6O5. The summed E-state index contributed by atoms with van der Waals surface area (Å²) in [6.45, 7) is 3.48. The van der Waals surface area contributed by atoms with E-state index in [4.69, 9.17) is 14.0 Å². The summed E-state index contributed by atoms with van der Waals surface area (Å²) in [4.78, 5) is 21.2. The second kappa shape index (κ2) is 17.8. The number of hydrogen-bond donors (Lipinski definition) is 2. The average molecular weight is 755 g/mol. The molecular weight excluding hydrogens is 720 g/mol. The summed E-state index contributed by atoms with van der Waals surface area (Å²) < 4.78 is 68.6. The normalized spacial score (nSPS) is 13.8. The number of phenolic OH excluding ortho intramolecular Hbond substituents is 1. The van der Waals surface area contributed by atoms with Crippen LogP contribution in [0.2, 0.25) is 0 Å². The van der Waals surface area contributed by atoms with Gasteiger partial charge in [-0.05, 0) is 59.7 Å². The van der Waals surface area contributed by atoms with Crippen molar-refractivity contribution in [1.82, 2.24) is 25.4 Å². The second-order valence-corrected chi connectivity index (χ2v) is 12.0. The number of aromatic hydroxyl groups is 1. The molecule has 53 heavy (non-hydrogen) atoms. The van der Waals surface area contributed by atoms with E-state index in [1.54, 1.807) is 18.2 Å². The van der Waals surface area contributed by atoms with Crippen LogP contribution < -0.4 is 14.9 Å². The third kappa shape index (κ3) is 11.2. The Bertz CT molecular complexity index is 1990. The smallest absolute Gasteiger partial charge is 0.416 e. The molecule has 4 aromatic carbocycles. The number of carbonyl (C=O) groups excluding carboxylic acids is 1. The zero-order valence-corrected chi connectivity index (χ0v) is 28.9. The number of hydrazone groups is 1. The lowest BCUT2D eigenvalue weighted by Gasteiger charge is -2.33. The van der Waals surface area contributed by atoms with Crippen LogP contribution in [-0.4, -0.2) is 69.9 Å². The van der Waals surface area contributed by atoms with Gasteiger partial charge in [0.2, 0.25) is 11.7 Å². The molecule has 278 valence electrons. The highest BCUT2D eigenvalue weighted by atomic mass is 35.5. The molecule has 0 spiro atoms. The van der Waals surface area contributed by atoms with Crippen molar-refractivity contribution in [2.45, 2.75) is 25.9 Å². The fourth-order valence-electron chi connectivity index (χ4n) is 5.32. The van der Waals surface area contributed by atoms with E-state index in [2.05, 4.69) is 25.6 Å². The number of alkyl halides is 3. The summed E-state index contributed by atoms with van der Waals surface area (Å²) in [6, 6.07) is 22.6. The van der Waals surface area contributed by atoms with Gasteiger partial charge in [-0.2, -0.15) is 23.3 Å². The molecule has 1 aliphatic rings. The largest absolute Gasteiger partial charge is 0.507 e. The summed E-state index contributed by atoms with van der Waals surface area (Å²) in [5, 5.41) is 18.4. The average Bonchev–Trinajstić information content (AvgIpc) is 3.60. The monoisotopic (exact) mass is 754 g/mol. The number of hydrogen-bond acceptors (Lipinski definition) is 10. The van der Waals surface area contributed by atoms with E-state index in [9.17, 15) is 27.5 Å². The lowest BCUT2D eigenvalue weighted by Crippen LogP contribution is -2.48. The van der Waals surface area contributed by atoms with Crippen LogP contribution in [0.4, 0.5) is 17.6 Å². The van der Waals surface area contributed by atoms with Crippen molar-refractivity contribution in [3.05, 3.63) is 125 Å². The van der Waals surface area contributed by atoms with Crippen LogP contribution in [0.5, 0.6) is 17.2 Å². The predicted octanol–water partition coefficient (Wildman–Crippen LogP) is 6.45. The number of benzene rings is 4. The molecule has 0 radical (unpaired) electrons. The van der Waals surface area contributed by atoms with E-state index in [0.29, 0.717) is 67.9 Å². The van der Waals surface area contributed by atoms with Crippen molar-refractivity contribution < 1.29 is 41.5 Å². The van der Waals surface area contributed by atoms with Crippen LogP contribution in [-0.2, 0) is 30.7 Å². The van der Waals surface area contributed by atoms with Gasteiger partial charge in [0.15, 0.2) is 0 Å². The Morgan fingerprint density at radius 2 is 1.57 bits per heavy atom. The SMILES string of the molecule is Cl.O=C(CN1CCN(Cc2nc(-c3ccc(COc4ccc(F)cc4)cc3)no2)CC1)NN=Cc1ccc(OCc2cccc(C(F)(F)F)c2)cc1O. The van der Waals surface area contributed by atoms with Crippen molar-refractivity contribution >= 4 is 24.5 Å². The van der Waals surface area contributed by atoms with E-state index in [0.717, 1.165) is 23.3 Å². The lowest BCUT2D eigenvalue weighted by molar-refractivity contribution is -0.137. The second-order valence-electron chi connectivity index (χ2n) is 12.0. The van der Waals surface area contributed by atoms with E-state index in [1.165, 1.54) is 42.6 Å². The molecule has 1 aromatic heterocycles. The van der Waals surface area contributed by atoms with Gasteiger partial charge in [0, 0.05) is 43.4 Å².